The van der Waals surface area contributed by atoms with Gasteiger partial charge in [-0.15, -0.1) is 0 Å². The highest BCUT2D eigenvalue weighted by Crippen LogP contribution is 2.54. The molecule has 1 N–H and O–H groups in total. The fraction of sp³-hybridized carbons (Fsp3) is 0.190. The monoisotopic (exact) mass is 317 g/mol. The number of carbonyl (C=O) groups is 1. The van der Waals surface area contributed by atoms with Crippen LogP contribution in [0.15, 0.2) is 66.7 Å². The zero-order valence-corrected chi connectivity index (χ0v) is 13.7. The van der Waals surface area contributed by atoms with Gasteiger partial charge in [-0.2, -0.15) is 0 Å². The molecule has 0 bridgehead atoms. The van der Waals surface area contributed by atoms with Crippen molar-refractivity contribution in [3.63, 3.8) is 0 Å². The number of aromatic hydroxyl groups is 1. The molecule has 3 heteroatoms. The van der Waals surface area contributed by atoms with Crippen molar-refractivity contribution < 1.29 is 9.90 Å². The summed E-state index contributed by atoms with van der Waals surface area (Å²) in [6.07, 6.45) is 0. The number of phenols is 1. The Morgan fingerprint density at radius 1 is 0.917 bits per heavy atom. The number of fused-ring (bicyclic) bond motifs is 1. The lowest BCUT2D eigenvalue weighted by Crippen LogP contribution is -2.61. The molecule has 4 rings (SSSR count). The van der Waals surface area contributed by atoms with Gasteiger partial charge in [-0.05, 0) is 42.8 Å². The van der Waals surface area contributed by atoms with Crippen LogP contribution in [0.1, 0.15) is 25.5 Å². The maximum atomic E-state index is 12.8. The highest BCUT2D eigenvalue weighted by Gasteiger charge is 2.56. The van der Waals surface area contributed by atoms with Crippen LogP contribution >= 0.6 is 0 Å². The van der Waals surface area contributed by atoms with Crippen LogP contribution < -0.4 is 4.90 Å². The average molecular weight is 317 g/mol. The lowest BCUT2D eigenvalue weighted by atomic mass is 9.69. The van der Waals surface area contributed by atoms with E-state index in [1.54, 1.807) is 11.0 Å². The van der Waals surface area contributed by atoms with Gasteiger partial charge in [0.1, 0.15) is 5.75 Å². The second kappa shape index (κ2) is 5.10. The minimum Gasteiger partial charge on any atom is -0.508 e. The van der Waals surface area contributed by atoms with Gasteiger partial charge in [-0.1, -0.05) is 48.5 Å². The summed E-state index contributed by atoms with van der Waals surface area (Å²) in [5.41, 5.74) is 1.12. The van der Waals surface area contributed by atoms with E-state index in [0.29, 0.717) is 0 Å². The third-order valence-electron chi connectivity index (χ3n) is 4.97. The summed E-state index contributed by atoms with van der Waals surface area (Å²) in [5, 5.41) is 12.6. The first-order chi connectivity index (χ1) is 11.5. The van der Waals surface area contributed by atoms with Crippen LogP contribution in [0.25, 0.3) is 10.8 Å². The van der Waals surface area contributed by atoms with Gasteiger partial charge >= 0.3 is 0 Å². The Morgan fingerprint density at radius 2 is 1.58 bits per heavy atom. The van der Waals surface area contributed by atoms with Crippen LogP contribution in [-0.4, -0.2) is 11.0 Å². The Labute approximate surface area is 141 Å². The standard InChI is InChI=1S/C21H19NO2/c1-21(2)19(22(20(21)24)15-9-4-3-5-10-15)18-16-11-7-6-8-14(16)12-13-17(18)23/h3-13,19,23H,1-2H3/t19-/m1/s1. The SMILES string of the molecule is CC1(C)C(=O)N(c2ccccc2)[C@@H]1c1c(O)ccc2ccccc12. The number of phenolic OH excluding ortho intramolecular Hbond substituents is 1. The highest BCUT2D eigenvalue weighted by atomic mass is 16.3. The van der Waals surface area contributed by atoms with Gasteiger partial charge in [0, 0.05) is 11.3 Å². The molecule has 120 valence electrons. The summed E-state index contributed by atoms with van der Waals surface area (Å²) in [7, 11) is 0. The molecule has 1 aliphatic heterocycles. The van der Waals surface area contributed by atoms with Crippen LogP contribution in [0.3, 0.4) is 0 Å². The molecule has 0 aliphatic carbocycles. The van der Waals surface area contributed by atoms with E-state index in [1.807, 2.05) is 74.5 Å². The van der Waals surface area contributed by atoms with Gasteiger partial charge in [-0.25, -0.2) is 0 Å². The van der Waals surface area contributed by atoms with Crippen LogP contribution in [0.5, 0.6) is 5.75 Å². The Hall–Kier alpha value is -2.81. The predicted molar refractivity (Wildman–Crippen MR) is 96.1 cm³/mol. The molecular weight excluding hydrogens is 298 g/mol. The van der Waals surface area contributed by atoms with Gasteiger partial charge in [-0.3, -0.25) is 4.79 Å². The fourth-order valence-corrected chi connectivity index (χ4v) is 3.72. The molecule has 1 heterocycles. The molecule has 1 fully saturated rings. The molecule has 1 amide bonds. The van der Waals surface area contributed by atoms with E-state index in [1.165, 1.54) is 0 Å². The number of benzene rings is 3. The first-order valence-electron chi connectivity index (χ1n) is 8.11. The van der Waals surface area contributed by atoms with Crippen molar-refractivity contribution in [3.05, 3.63) is 72.3 Å². The maximum Gasteiger partial charge on any atom is 0.235 e. The van der Waals surface area contributed by atoms with E-state index >= 15 is 0 Å². The number of para-hydroxylation sites is 1. The molecule has 3 aromatic carbocycles. The molecular formula is C21H19NO2. The summed E-state index contributed by atoms with van der Waals surface area (Å²) in [4.78, 5) is 14.6. The lowest BCUT2D eigenvalue weighted by molar-refractivity contribution is -0.137. The van der Waals surface area contributed by atoms with Crippen molar-refractivity contribution in [3.8, 4) is 5.75 Å². The molecule has 3 aromatic rings. The predicted octanol–water partition coefficient (Wildman–Crippen LogP) is 4.66. The van der Waals surface area contributed by atoms with Crippen molar-refractivity contribution in [1.82, 2.24) is 0 Å². The van der Waals surface area contributed by atoms with E-state index in [4.69, 9.17) is 0 Å². The van der Waals surface area contributed by atoms with E-state index in [0.717, 1.165) is 22.0 Å². The Morgan fingerprint density at radius 3 is 2.33 bits per heavy atom. The van der Waals surface area contributed by atoms with E-state index in [9.17, 15) is 9.90 Å². The molecule has 3 nitrogen and oxygen atoms in total. The molecule has 0 spiro atoms. The zero-order chi connectivity index (χ0) is 16.9. The summed E-state index contributed by atoms with van der Waals surface area (Å²) >= 11 is 0. The molecule has 1 aliphatic rings. The number of hydrogen-bond acceptors (Lipinski definition) is 2. The minimum atomic E-state index is -0.558. The average Bonchev–Trinajstić information content (AvgIpc) is 2.61. The van der Waals surface area contributed by atoms with Gasteiger partial charge in [0.05, 0.1) is 11.5 Å². The van der Waals surface area contributed by atoms with Crippen molar-refractivity contribution in [2.24, 2.45) is 5.41 Å². The lowest BCUT2D eigenvalue weighted by Gasteiger charge is -2.53. The van der Waals surface area contributed by atoms with Crippen LogP contribution in [0.2, 0.25) is 0 Å². The summed E-state index contributed by atoms with van der Waals surface area (Å²) in [6, 6.07) is 21.1. The van der Waals surface area contributed by atoms with Crippen LogP contribution in [0, 0.1) is 5.41 Å². The van der Waals surface area contributed by atoms with E-state index < -0.39 is 5.41 Å². The number of anilines is 1. The number of nitrogens with zero attached hydrogens (tertiary/aromatic N) is 1. The number of hydrogen-bond donors (Lipinski definition) is 1. The molecule has 1 saturated heterocycles. The second-order valence-electron chi connectivity index (χ2n) is 6.85. The zero-order valence-electron chi connectivity index (χ0n) is 13.7. The van der Waals surface area contributed by atoms with Crippen LogP contribution in [-0.2, 0) is 4.79 Å². The third kappa shape index (κ3) is 1.94. The number of carbonyl (C=O) groups excluding carboxylic acids is 1. The number of amides is 1. The van der Waals surface area contributed by atoms with Gasteiger partial charge in [0.2, 0.25) is 5.91 Å². The maximum absolute atomic E-state index is 12.8. The van der Waals surface area contributed by atoms with Crippen molar-refractivity contribution in [2.75, 3.05) is 4.90 Å². The minimum absolute atomic E-state index is 0.0750. The van der Waals surface area contributed by atoms with Gasteiger partial charge in [0.25, 0.3) is 0 Å². The van der Waals surface area contributed by atoms with Gasteiger partial charge < -0.3 is 10.0 Å². The van der Waals surface area contributed by atoms with E-state index in [2.05, 4.69) is 0 Å². The smallest absolute Gasteiger partial charge is 0.235 e. The summed E-state index contributed by atoms with van der Waals surface area (Å²) in [6.45, 7) is 3.89. The Balaban J connectivity index is 1.94. The Kier molecular flexibility index (Phi) is 3.14. The van der Waals surface area contributed by atoms with Crippen molar-refractivity contribution in [1.29, 1.82) is 0 Å². The van der Waals surface area contributed by atoms with Crippen molar-refractivity contribution >= 4 is 22.4 Å². The van der Waals surface area contributed by atoms with Crippen molar-refractivity contribution in [2.45, 2.75) is 19.9 Å². The first kappa shape index (κ1) is 14.8. The molecule has 0 unspecified atom stereocenters. The highest BCUT2D eigenvalue weighted by molar-refractivity contribution is 6.07. The molecule has 1 atom stereocenters. The van der Waals surface area contributed by atoms with Crippen LogP contribution in [0.4, 0.5) is 5.69 Å². The molecule has 0 aromatic heterocycles. The molecule has 0 saturated carbocycles. The fourth-order valence-electron chi connectivity index (χ4n) is 3.72. The molecule has 0 radical (unpaired) electrons. The summed E-state index contributed by atoms with van der Waals surface area (Å²) in [5.74, 6) is 0.311. The molecule has 24 heavy (non-hydrogen) atoms. The first-order valence-corrected chi connectivity index (χ1v) is 8.11. The topological polar surface area (TPSA) is 40.5 Å². The number of β-lactam (4-membered cyclic amide) rings is 1. The summed E-state index contributed by atoms with van der Waals surface area (Å²) < 4.78 is 0. The normalized spacial score (nSPS) is 19.3. The largest absolute Gasteiger partial charge is 0.508 e. The van der Waals surface area contributed by atoms with E-state index in [-0.39, 0.29) is 17.7 Å². The van der Waals surface area contributed by atoms with Gasteiger partial charge in [0.15, 0.2) is 0 Å². The quantitative estimate of drug-likeness (QED) is 0.698. The third-order valence-corrected chi connectivity index (χ3v) is 4.97. The number of rotatable bonds is 2. The second-order valence-corrected chi connectivity index (χ2v) is 6.85. The Bertz CT molecular complexity index is 931.